The molecule has 1 aliphatic rings. The maximum atomic E-state index is 5.57. The lowest BCUT2D eigenvalue weighted by Gasteiger charge is -2.01. The summed E-state index contributed by atoms with van der Waals surface area (Å²) < 4.78 is 5.57. The molecule has 0 spiro atoms. The van der Waals surface area contributed by atoms with Gasteiger partial charge in [-0.15, -0.1) is 10.2 Å². The fourth-order valence-electron chi connectivity index (χ4n) is 1.60. The maximum absolute atomic E-state index is 5.57. The first-order valence-corrected chi connectivity index (χ1v) is 5.33. The van der Waals surface area contributed by atoms with E-state index in [0.29, 0.717) is 12.5 Å². The summed E-state index contributed by atoms with van der Waals surface area (Å²) >= 11 is 0. The minimum atomic E-state index is 0.439. The molecular formula is C10H17N3O. The summed E-state index contributed by atoms with van der Waals surface area (Å²) in [4.78, 5) is 0. The van der Waals surface area contributed by atoms with E-state index in [1.807, 2.05) is 0 Å². The van der Waals surface area contributed by atoms with Gasteiger partial charge in [0.05, 0.1) is 0 Å². The van der Waals surface area contributed by atoms with Crippen molar-refractivity contribution in [3.8, 4) is 0 Å². The van der Waals surface area contributed by atoms with Gasteiger partial charge in [-0.1, -0.05) is 6.92 Å². The number of hydrogen-bond donors (Lipinski definition) is 1. The Hall–Kier alpha value is -0.900. The van der Waals surface area contributed by atoms with Crippen LogP contribution >= 0.6 is 0 Å². The molecule has 1 atom stereocenters. The molecule has 1 aromatic rings. The molecule has 0 radical (unpaired) electrons. The van der Waals surface area contributed by atoms with Crippen molar-refractivity contribution in [3.05, 3.63) is 11.8 Å². The highest BCUT2D eigenvalue weighted by Crippen LogP contribution is 2.41. The zero-order valence-electron chi connectivity index (χ0n) is 8.57. The SMILES string of the molecule is CC(c1nnc(CCCN)o1)C1CC1. The predicted octanol–water partition coefficient (Wildman–Crippen LogP) is 1.47. The molecule has 1 heterocycles. The van der Waals surface area contributed by atoms with Gasteiger partial charge in [-0.3, -0.25) is 0 Å². The molecule has 1 saturated carbocycles. The van der Waals surface area contributed by atoms with Gasteiger partial charge < -0.3 is 10.2 Å². The molecule has 0 amide bonds. The Morgan fingerprint density at radius 2 is 2.29 bits per heavy atom. The quantitative estimate of drug-likeness (QED) is 0.772. The topological polar surface area (TPSA) is 64.9 Å². The fourth-order valence-corrected chi connectivity index (χ4v) is 1.60. The average Bonchev–Trinajstić information content (AvgIpc) is 2.94. The van der Waals surface area contributed by atoms with Crippen LogP contribution in [0.3, 0.4) is 0 Å². The van der Waals surface area contributed by atoms with Gasteiger partial charge in [-0.05, 0) is 31.7 Å². The van der Waals surface area contributed by atoms with Gasteiger partial charge in [-0.2, -0.15) is 0 Å². The Bertz CT molecular complexity index is 293. The zero-order chi connectivity index (χ0) is 9.97. The molecule has 1 aliphatic carbocycles. The largest absolute Gasteiger partial charge is 0.425 e. The van der Waals surface area contributed by atoms with E-state index in [0.717, 1.165) is 30.5 Å². The Morgan fingerprint density at radius 1 is 1.50 bits per heavy atom. The molecule has 1 fully saturated rings. The summed E-state index contributed by atoms with van der Waals surface area (Å²) in [5.41, 5.74) is 5.41. The number of aromatic nitrogens is 2. The molecule has 4 heteroatoms. The smallest absolute Gasteiger partial charge is 0.219 e. The second-order valence-corrected chi connectivity index (χ2v) is 4.05. The number of hydrogen-bond acceptors (Lipinski definition) is 4. The monoisotopic (exact) mass is 195 g/mol. The van der Waals surface area contributed by atoms with Gasteiger partial charge in [-0.25, -0.2) is 0 Å². The third-order valence-electron chi connectivity index (χ3n) is 2.80. The minimum Gasteiger partial charge on any atom is -0.425 e. The number of nitrogens with two attached hydrogens (primary N) is 1. The summed E-state index contributed by atoms with van der Waals surface area (Å²) in [6.07, 6.45) is 4.34. The molecule has 2 N–H and O–H groups in total. The van der Waals surface area contributed by atoms with E-state index in [1.165, 1.54) is 12.8 Å². The van der Waals surface area contributed by atoms with Crippen molar-refractivity contribution in [1.82, 2.24) is 10.2 Å². The number of rotatable bonds is 5. The average molecular weight is 195 g/mol. The van der Waals surface area contributed by atoms with Crippen molar-refractivity contribution in [3.63, 3.8) is 0 Å². The van der Waals surface area contributed by atoms with Crippen LogP contribution in [0, 0.1) is 5.92 Å². The van der Waals surface area contributed by atoms with Gasteiger partial charge in [0.2, 0.25) is 11.8 Å². The Morgan fingerprint density at radius 3 is 2.93 bits per heavy atom. The molecule has 0 saturated heterocycles. The molecule has 14 heavy (non-hydrogen) atoms. The van der Waals surface area contributed by atoms with Gasteiger partial charge >= 0.3 is 0 Å². The summed E-state index contributed by atoms with van der Waals surface area (Å²) in [5, 5.41) is 8.09. The maximum Gasteiger partial charge on any atom is 0.219 e. The Balaban J connectivity index is 1.94. The third kappa shape index (κ3) is 2.12. The van der Waals surface area contributed by atoms with E-state index >= 15 is 0 Å². The van der Waals surface area contributed by atoms with Crippen LogP contribution in [0.15, 0.2) is 4.42 Å². The minimum absolute atomic E-state index is 0.439. The van der Waals surface area contributed by atoms with Gasteiger partial charge in [0.25, 0.3) is 0 Å². The Kier molecular flexibility index (Phi) is 2.82. The molecule has 1 unspecified atom stereocenters. The van der Waals surface area contributed by atoms with Crippen LogP contribution < -0.4 is 5.73 Å². The van der Waals surface area contributed by atoms with Crippen LogP contribution in [0.4, 0.5) is 0 Å². The second kappa shape index (κ2) is 4.09. The lowest BCUT2D eigenvalue weighted by atomic mass is 10.1. The predicted molar refractivity (Wildman–Crippen MR) is 52.8 cm³/mol. The van der Waals surface area contributed by atoms with Crippen LogP contribution in [0.2, 0.25) is 0 Å². The van der Waals surface area contributed by atoms with Crippen molar-refractivity contribution in [1.29, 1.82) is 0 Å². The standard InChI is InChI=1S/C10H17N3O/c1-7(8-4-5-8)10-13-12-9(14-10)3-2-6-11/h7-8H,2-6,11H2,1H3. The molecule has 1 aromatic heterocycles. The van der Waals surface area contributed by atoms with Crippen LogP contribution in [-0.4, -0.2) is 16.7 Å². The van der Waals surface area contributed by atoms with E-state index in [1.54, 1.807) is 0 Å². The highest BCUT2D eigenvalue weighted by molar-refractivity contribution is 4.97. The molecule has 78 valence electrons. The van der Waals surface area contributed by atoms with Crippen LogP contribution in [0.1, 0.15) is 43.9 Å². The summed E-state index contributed by atoms with van der Waals surface area (Å²) in [7, 11) is 0. The Labute approximate surface area is 83.9 Å². The normalized spacial score (nSPS) is 18.4. The molecule has 0 aromatic carbocycles. The van der Waals surface area contributed by atoms with Gasteiger partial charge in [0.15, 0.2) is 0 Å². The molecule has 4 nitrogen and oxygen atoms in total. The lowest BCUT2D eigenvalue weighted by Crippen LogP contribution is -2.00. The molecular weight excluding hydrogens is 178 g/mol. The molecule has 0 aliphatic heterocycles. The van der Waals surface area contributed by atoms with Crippen molar-refractivity contribution in [2.45, 2.75) is 38.5 Å². The van der Waals surface area contributed by atoms with Crippen molar-refractivity contribution in [2.24, 2.45) is 11.7 Å². The van der Waals surface area contributed by atoms with Crippen molar-refractivity contribution in [2.75, 3.05) is 6.54 Å². The van der Waals surface area contributed by atoms with E-state index in [4.69, 9.17) is 10.2 Å². The molecule has 0 bridgehead atoms. The highest BCUT2D eigenvalue weighted by Gasteiger charge is 2.32. The number of nitrogens with zero attached hydrogens (tertiary/aromatic N) is 2. The van der Waals surface area contributed by atoms with Crippen molar-refractivity contribution < 1.29 is 4.42 Å². The molecule has 2 rings (SSSR count). The summed E-state index contributed by atoms with van der Waals surface area (Å²) in [5.74, 6) is 2.75. The van der Waals surface area contributed by atoms with Crippen LogP contribution in [0.5, 0.6) is 0 Å². The van der Waals surface area contributed by atoms with Crippen LogP contribution in [-0.2, 0) is 6.42 Å². The van der Waals surface area contributed by atoms with Gasteiger partial charge in [0, 0.05) is 12.3 Å². The first-order chi connectivity index (χ1) is 6.81. The summed E-state index contributed by atoms with van der Waals surface area (Å²) in [6, 6.07) is 0. The fraction of sp³-hybridized carbons (Fsp3) is 0.800. The number of aryl methyl sites for hydroxylation is 1. The first kappa shape index (κ1) is 9.65. The van der Waals surface area contributed by atoms with Crippen LogP contribution in [0.25, 0.3) is 0 Å². The summed E-state index contributed by atoms with van der Waals surface area (Å²) in [6.45, 7) is 2.84. The van der Waals surface area contributed by atoms with E-state index in [2.05, 4.69) is 17.1 Å². The first-order valence-electron chi connectivity index (χ1n) is 5.33. The third-order valence-corrected chi connectivity index (χ3v) is 2.80. The second-order valence-electron chi connectivity index (χ2n) is 4.05. The van der Waals surface area contributed by atoms with E-state index < -0.39 is 0 Å². The van der Waals surface area contributed by atoms with Crippen molar-refractivity contribution >= 4 is 0 Å². The zero-order valence-corrected chi connectivity index (χ0v) is 8.57. The lowest BCUT2D eigenvalue weighted by molar-refractivity contribution is 0.405. The van der Waals surface area contributed by atoms with E-state index in [9.17, 15) is 0 Å². The van der Waals surface area contributed by atoms with Gasteiger partial charge in [0.1, 0.15) is 0 Å². The van der Waals surface area contributed by atoms with E-state index in [-0.39, 0.29) is 0 Å². The highest BCUT2D eigenvalue weighted by atomic mass is 16.4.